The minimum atomic E-state index is -1.58. The second-order valence-electron chi connectivity index (χ2n) is 9.11. The van der Waals surface area contributed by atoms with E-state index in [1.807, 2.05) is 6.20 Å². The number of ether oxygens (including phenoxy) is 1. The first kappa shape index (κ1) is 27.4. The molecule has 0 spiro atoms. The molecule has 0 aromatic heterocycles. The van der Waals surface area contributed by atoms with Gasteiger partial charge >= 0.3 is 5.97 Å². The number of allylic oxidation sites excluding steroid dienone is 1. The van der Waals surface area contributed by atoms with Crippen LogP contribution < -0.4 is 11.6 Å². The third-order valence-electron chi connectivity index (χ3n) is 6.45. The molecule has 35 heavy (non-hydrogen) atoms. The van der Waals surface area contributed by atoms with Crippen molar-refractivity contribution in [3.05, 3.63) is 64.6 Å². The summed E-state index contributed by atoms with van der Waals surface area (Å²) < 4.78 is 21.1. The van der Waals surface area contributed by atoms with E-state index in [1.165, 1.54) is 5.01 Å². The molecule has 2 aliphatic carbocycles. The molecule has 0 saturated heterocycles. The topological polar surface area (TPSA) is 125 Å². The normalized spacial score (nSPS) is 28.3. The highest BCUT2D eigenvalue weighted by Crippen LogP contribution is 2.62. The van der Waals surface area contributed by atoms with Crippen LogP contribution in [0.1, 0.15) is 29.5 Å². The standard InChI is InChI=1S/C24H33FN4O4S2/c1-5-16(10-28(4)34)35-17-8-18-22(24(18,32)33-12-21(30)31)20(9-17)29(27)11-19(26)15-6-13(2)23(25)14(3)7-15/h5-7,10-11,17-18,20,22,32,34H,1,8-9,12,26-27H2,2-4H3,(H,30,31)/b16-10+,19-11-. The van der Waals surface area contributed by atoms with Crippen molar-refractivity contribution >= 4 is 36.2 Å². The first-order chi connectivity index (χ1) is 16.4. The second-order valence-corrected chi connectivity index (χ2v) is 11.1. The van der Waals surface area contributed by atoms with Gasteiger partial charge in [0.15, 0.2) is 5.79 Å². The van der Waals surface area contributed by atoms with Crippen molar-refractivity contribution in [1.82, 2.24) is 9.31 Å². The van der Waals surface area contributed by atoms with Crippen molar-refractivity contribution in [2.75, 3.05) is 13.7 Å². The van der Waals surface area contributed by atoms with E-state index < -0.39 is 18.4 Å². The molecule has 3 rings (SSSR count). The summed E-state index contributed by atoms with van der Waals surface area (Å²) in [6.45, 7) is 6.59. The number of hydrogen-bond acceptors (Lipinski definition) is 9. The Bertz CT molecular complexity index is 1030. The number of hydrazine groups is 1. The number of benzene rings is 1. The molecule has 6 N–H and O–H groups in total. The minimum Gasteiger partial charge on any atom is -0.480 e. The highest BCUT2D eigenvalue weighted by molar-refractivity contribution is 8.03. The second kappa shape index (κ2) is 10.8. The molecular weight excluding hydrogens is 491 g/mol. The van der Waals surface area contributed by atoms with Crippen LogP contribution in [-0.4, -0.2) is 56.2 Å². The summed E-state index contributed by atoms with van der Waals surface area (Å²) in [6.07, 6.45) is 6.35. The number of aryl methyl sites for hydroxylation is 2. The van der Waals surface area contributed by atoms with E-state index in [2.05, 4.69) is 19.4 Å². The highest BCUT2D eigenvalue weighted by Gasteiger charge is 2.71. The van der Waals surface area contributed by atoms with E-state index in [4.69, 9.17) is 21.4 Å². The predicted octanol–water partition coefficient (Wildman–Crippen LogP) is 2.98. The summed E-state index contributed by atoms with van der Waals surface area (Å²) in [5, 5.41) is 21.7. The van der Waals surface area contributed by atoms with Gasteiger partial charge < -0.3 is 30.0 Å². The summed E-state index contributed by atoms with van der Waals surface area (Å²) in [4.78, 5) is 12.0. The Hall–Kier alpha value is -2.18. The quantitative estimate of drug-likeness (QED) is 0.103. The fraction of sp³-hybridized carbons (Fsp3) is 0.458. The number of aliphatic carboxylic acids is 1. The Morgan fingerprint density at radius 1 is 1.37 bits per heavy atom. The van der Waals surface area contributed by atoms with Crippen molar-refractivity contribution in [3.8, 4) is 0 Å². The summed E-state index contributed by atoms with van der Waals surface area (Å²) in [5.74, 6) is 2.76. The Morgan fingerprint density at radius 2 is 2.00 bits per heavy atom. The molecule has 5 atom stereocenters. The fourth-order valence-electron chi connectivity index (χ4n) is 4.84. The molecule has 2 fully saturated rings. The average Bonchev–Trinajstić information content (AvgIpc) is 3.38. The number of nitrogens with two attached hydrogens (primary N) is 2. The molecule has 1 aromatic rings. The fourth-order valence-corrected chi connectivity index (χ4v) is 6.34. The van der Waals surface area contributed by atoms with Gasteiger partial charge in [0, 0.05) is 41.4 Å². The van der Waals surface area contributed by atoms with Gasteiger partial charge in [-0.1, -0.05) is 25.5 Å². The van der Waals surface area contributed by atoms with Crippen LogP contribution in [0.15, 0.2) is 42.1 Å². The van der Waals surface area contributed by atoms with E-state index in [-0.39, 0.29) is 28.9 Å². The van der Waals surface area contributed by atoms with Gasteiger partial charge in [0.2, 0.25) is 0 Å². The molecule has 0 amide bonds. The Kier molecular flexibility index (Phi) is 8.48. The molecule has 1 aromatic carbocycles. The summed E-state index contributed by atoms with van der Waals surface area (Å²) >= 11 is 5.84. The van der Waals surface area contributed by atoms with Gasteiger partial charge in [0.05, 0.1) is 11.7 Å². The number of carboxylic acids is 1. The van der Waals surface area contributed by atoms with Crippen LogP contribution in [0.4, 0.5) is 4.39 Å². The van der Waals surface area contributed by atoms with Gasteiger partial charge in [-0.25, -0.2) is 15.0 Å². The van der Waals surface area contributed by atoms with Gasteiger partial charge in [0.25, 0.3) is 0 Å². The Balaban J connectivity index is 1.87. The van der Waals surface area contributed by atoms with Gasteiger partial charge in [-0.15, -0.1) is 11.8 Å². The molecular formula is C24H33FN4O4S2. The van der Waals surface area contributed by atoms with Crippen molar-refractivity contribution in [3.63, 3.8) is 0 Å². The zero-order chi connectivity index (χ0) is 26.1. The largest absolute Gasteiger partial charge is 0.480 e. The van der Waals surface area contributed by atoms with E-state index in [0.29, 0.717) is 35.2 Å². The number of halogens is 1. The third-order valence-corrected chi connectivity index (χ3v) is 7.83. The number of thiol groups is 1. The maximum absolute atomic E-state index is 14.1. The first-order valence-electron chi connectivity index (χ1n) is 11.2. The lowest BCUT2D eigenvalue weighted by molar-refractivity contribution is -0.173. The number of nitrogens with zero attached hydrogens (tertiary/aromatic N) is 2. The minimum absolute atomic E-state index is 0.0530. The zero-order valence-electron chi connectivity index (χ0n) is 20.0. The lowest BCUT2D eigenvalue weighted by Crippen LogP contribution is -2.44. The van der Waals surface area contributed by atoms with Crippen LogP contribution in [0.25, 0.3) is 5.70 Å². The van der Waals surface area contributed by atoms with Gasteiger partial charge in [-0.3, -0.25) is 0 Å². The number of aliphatic hydroxyl groups is 1. The monoisotopic (exact) mass is 524 g/mol. The number of fused-ring (bicyclic) bond motifs is 1. The van der Waals surface area contributed by atoms with Crippen molar-refractivity contribution in [2.24, 2.45) is 23.4 Å². The summed E-state index contributed by atoms with van der Waals surface area (Å²) in [5.41, 5.74) is 8.25. The molecule has 11 heteroatoms. The third kappa shape index (κ3) is 6.15. The van der Waals surface area contributed by atoms with E-state index in [9.17, 15) is 14.3 Å². The number of carbonyl (C=O) groups is 1. The van der Waals surface area contributed by atoms with Crippen LogP contribution in [0, 0.1) is 31.5 Å². The van der Waals surface area contributed by atoms with Gasteiger partial charge in [0.1, 0.15) is 12.4 Å². The van der Waals surface area contributed by atoms with E-state index in [1.54, 1.807) is 61.4 Å². The molecule has 0 aliphatic heterocycles. The SMILES string of the molecule is C=C/C(=C\N(C)S)SC1CC(N(N)/C=C(\N)c2cc(C)c(F)c(C)c2)C2C(C1)C2(O)OCC(=O)O. The number of thioether (sulfide) groups is 1. The molecule has 2 aliphatic rings. The van der Waals surface area contributed by atoms with E-state index in [0.717, 1.165) is 4.91 Å². The molecule has 192 valence electrons. The van der Waals surface area contributed by atoms with Crippen LogP contribution in [0.5, 0.6) is 0 Å². The molecule has 0 heterocycles. The molecule has 0 bridgehead atoms. The Morgan fingerprint density at radius 3 is 2.54 bits per heavy atom. The van der Waals surface area contributed by atoms with Crippen molar-refractivity contribution in [1.29, 1.82) is 0 Å². The smallest absolute Gasteiger partial charge is 0.329 e. The summed E-state index contributed by atoms with van der Waals surface area (Å²) in [7, 11) is 1.79. The lowest BCUT2D eigenvalue weighted by atomic mass is 9.94. The lowest BCUT2D eigenvalue weighted by Gasteiger charge is -2.33. The highest BCUT2D eigenvalue weighted by atomic mass is 32.2. The average molecular weight is 525 g/mol. The van der Waals surface area contributed by atoms with Crippen LogP contribution in [-0.2, 0) is 9.53 Å². The van der Waals surface area contributed by atoms with Gasteiger partial charge in [-0.2, -0.15) is 0 Å². The number of hydrogen-bond donors (Lipinski definition) is 5. The molecule has 0 radical (unpaired) electrons. The van der Waals surface area contributed by atoms with Crippen molar-refractivity contribution in [2.45, 2.75) is 43.8 Å². The molecule has 5 unspecified atom stereocenters. The summed E-state index contributed by atoms with van der Waals surface area (Å²) in [6, 6.07) is 2.94. The maximum Gasteiger partial charge on any atom is 0.329 e. The number of carboxylic acid groups (broad SMARTS) is 1. The van der Waals surface area contributed by atoms with Crippen molar-refractivity contribution < 1.29 is 24.1 Å². The van der Waals surface area contributed by atoms with Crippen LogP contribution in [0.3, 0.4) is 0 Å². The maximum atomic E-state index is 14.1. The predicted molar refractivity (Wildman–Crippen MR) is 139 cm³/mol. The molecule has 2 saturated carbocycles. The molecule has 8 nitrogen and oxygen atoms in total. The van der Waals surface area contributed by atoms with Crippen LogP contribution >= 0.6 is 24.6 Å². The zero-order valence-corrected chi connectivity index (χ0v) is 21.7. The van der Waals surface area contributed by atoms with E-state index >= 15 is 0 Å². The van der Waals surface area contributed by atoms with Gasteiger partial charge in [-0.05, 0) is 55.5 Å². The Labute approximate surface area is 215 Å². The van der Waals surface area contributed by atoms with Crippen LogP contribution in [0.2, 0.25) is 0 Å². The number of rotatable bonds is 10. The first-order valence-corrected chi connectivity index (χ1v) is 12.4.